The summed E-state index contributed by atoms with van der Waals surface area (Å²) in [5, 5.41) is 6.21. The minimum absolute atomic E-state index is 0.154. The largest absolute Gasteiger partial charge is 0.471 e. The molecule has 22 heavy (non-hydrogen) atoms. The molecule has 2 heterocycles. The van der Waals surface area contributed by atoms with Crippen molar-refractivity contribution in [2.45, 2.75) is 13.0 Å². The van der Waals surface area contributed by atoms with Gasteiger partial charge in [0.25, 0.3) is 6.43 Å². The molecule has 0 saturated heterocycles. The smallest absolute Gasteiger partial charge is 0.272 e. The van der Waals surface area contributed by atoms with Gasteiger partial charge in [-0.2, -0.15) is 0 Å². The number of rotatable bonds is 7. The Kier molecular flexibility index (Phi) is 5.65. The Hall–Kier alpha value is -2.22. The van der Waals surface area contributed by atoms with E-state index in [2.05, 4.69) is 25.6 Å². The summed E-state index contributed by atoms with van der Waals surface area (Å²) in [5.41, 5.74) is 1.17. The molecule has 0 aliphatic rings. The van der Waals surface area contributed by atoms with Gasteiger partial charge in [-0.1, -0.05) is 17.7 Å². The number of pyridine rings is 1. The zero-order chi connectivity index (χ0) is 15.9. The summed E-state index contributed by atoms with van der Waals surface area (Å²) in [6.45, 7) is -0.417. The fourth-order valence-electron chi connectivity index (χ4n) is 1.73. The van der Waals surface area contributed by atoms with Gasteiger partial charge in [-0.15, -0.1) is 0 Å². The van der Waals surface area contributed by atoms with Gasteiger partial charge in [0, 0.05) is 25.4 Å². The van der Waals surface area contributed by atoms with Crippen molar-refractivity contribution in [2.75, 3.05) is 24.3 Å². The molecule has 0 aliphatic heterocycles. The Morgan fingerprint density at radius 2 is 2.14 bits per heavy atom. The SMILES string of the molecule is CNc1c(Cl)ncnc1NCc1cccnc1OCC(F)F. The summed E-state index contributed by atoms with van der Waals surface area (Å²) >= 11 is 5.95. The fourth-order valence-corrected chi connectivity index (χ4v) is 1.96. The van der Waals surface area contributed by atoms with Crippen LogP contribution in [0.25, 0.3) is 0 Å². The maximum absolute atomic E-state index is 12.2. The lowest BCUT2D eigenvalue weighted by Gasteiger charge is -2.13. The average Bonchev–Trinajstić information content (AvgIpc) is 2.51. The maximum Gasteiger partial charge on any atom is 0.272 e. The lowest BCUT2D eigenvalue weighted by atomic mass is 10.2. The number of hydrogen-bond acceptors (Lipinski definition) is 6. The Labute approximate surface area is 130 Å². The first kappa shape index (κ1) is 16.2. The van der Waals surface area contributed by atoms with Gasteiger partial charge in [-0.3, -0.25) is 0 Å². The third-order valence-corrected chi connectivity index (χ3v) is 2.98. The monoisotopic (exact) mass is 329 g/mol. The van der Waals surface area contributed by atoms with Gasteiger partial charge in [-0.25, -0.2) is 23.7 Å². The Bertz CT molecular complexity index is 629. The third kappa shape index (κ3) is 4.14. The van der Waals surface area contributed by atoms with E-state index in [9.17, 15) is 8.78 Å². The van der Waals surface area contributed by atoms with Crippen molar-refractivity contribution >= 4 is 23.1 Å². The van der Waals surface area contributed by atoms with Crippen LogP contribution in [0.5, 0.6) is 5.88 Å². The molecule has 0 spiro atoms. The van der Waals surface area contributed by atoms with Gasteiger partial charge in [0.05, 0.1) is 0 Å². The van der Waals surface area contributed by atoms with E-state index >= 15 is 0 Å². The summed E-state index contributed by atoms with van der Waals surface area (Å²) in [6.07, 6.45) is 0.243. The molecule has 0 fully saturated rings. The minimum atomic E-state index is -2.56. The number of aromatic nitrogens is 3. The fraction of sp³-hybridized carbons (Fsp3) is 0.308. The lowest BCUT2D eigenvalue weighted by molar-refractivity contribution is 0.0791. The van der Waals surface area contributed by atoms with Crippen LogP contribution in [0.2, 0.25) is 5.15 Å². The Balaban J connectivity index is 2.10. The first-order valence-electron chi connectivity index (χ1n) is 6.38. The molecule has 9 heteroatoms. The Morgan fingerprint density at radius 3 is 2.86 bits per heavy atom. The van der Waals surface area contributed by atoms with Crippen LogP contribution in [-0.4, -0.2) is 35.0 Å². The molecular weight excluding hydrogens is 316 g/mol. The molecular formula is C13H14ClF2N5O. The highest BCUT2D eigenvalue weighted by Gasteiger charge is 2.11. The topological polar surface area (TPSA) is 72.0 Å². The summed E-state index contributed by atoms with van der Waals surface area (Å²) < 4.78 is 29.5. The van der Waals surface area contributed by atoms with E-state index in [1.807, 2.05) is 0 Å². The van der Waals surface area contributed by atoms with E-state index in [1.165, 1.54) is 12.5 Å². The standard InChI is InChI=1S/C13H14ClF2N5O/c1-17-10-11(14)20-7-21-12(10)19-5-8-3-2-4-18-13(8)22-6-9(15)16/h2-4,7,9,17H,5-6H2,1H3,(H,19,20,21). The van der Waals surface area contributed by atoms with E-state index in [0.717, 1.165) is 0 Å². The highest BCUT2D eigenvalue weighted by molar-refractivity contribution is 6.32. The molecule has 0 atom stereocenters. The molecule has 2 aromatic rings. The highest BCUT2D eigenvalue weighted by atomic mass is 35.5. The molecule has 0 aliphatic carbocycles. The van der Waals surface area contributed by atoms with Crippen molar-refractivity contribution in [3.05, 3.63) is 35.4 Å². The lowest BCUT2D eigenvalue weighted by Crippen LogP contribution is -2.11. The normalized spacial score (nSPS) is 10.6. The van der Waals surface area contributed by atoms with Gasteiger partial charge in [0.1, 0.15) is 12.0 Å². The van der Waals surface area contributed by atoms with E-state index in [-0.39, 0.29) is 17.6 Å². The predicted octanol–water partition coefficient (Wildman–Crippen LogP) is 2.82. The molecule has 0 unspecified atom stereocenters. The van der Waals surface area contributed by atoms with E-state index in [4.69, 9.17) is 16.3 Å². The van der Waals surface area contributed by atoms with Crippen molar-refractivity contribution in [3.8, 4) is 5.88 Å². The van der Waals surface area contributed by atoms with Crippen LogP contribution < -0.4 is 15.4 Å². The average molecular weight is 330 g/mol. The minimum Gasteiger partial charge on any atom is -0.471 e. The van der Waals surface area contributed by atoms with Crippen LogP contribution in [0.1, 0.15) is 5.56 Å². The second-order valence-electron chi connectivity index (χ2n) is 4.16. The van der Waals surface area contributed by atoms with Gasteiger partial charge in [0.2, 0.25) is 5.88 Å². The number of anilines is 2. The van der Waals surface area contributed by atoms with E-state index < -0.39 is 13.0 Å². The van der Waals surface area contributed by atoms with Gasteiger partial charge >= 0.3 is 0 Å². The second kappa shape index (κ2) is 7.69. The van der Waals surface area contributed by atoms with Crippen LogP contribution >= 0.6 is 11.6 Å². The predicted molar refractivity (Wildman–Crippen MR) is 79.7 cm³/mol. The number of nitrogens with zero attached hydrogens (tertiary/aromatic N) is 3. The van der Waals surface area contributed by atoms with Crippen molar-refractivity contribution in [2.24, 2.45) is 0 Å². The molecule has 0 bridgehead atoms. The highest BCUT2D eigenvalue weighted by Crippen LogP contribution is 2.26. The molecule has 6 nitrogen and oxygen atoms in total. The first-order valence-corrected chi connectivity index (χ1v) is 6.76. The van der Waals surface area contributed by atoms with Gasteiger partial charge in [0.15, 0.2) is 17.6 Å². The van der Waals surface area contributed by atoms with Gasteiger partial charge in [-0.05, 0) is 6.07 Å². The van der Waals surface area contributed by atoms with E-state index in [1.54, 1.807) is 19.2 Å². The maximum atomic E-state index is 12.2. The molecule has 0 aromatic carbocycles. The summed E-state index contributed by atoms with van der Waals surface area (Å²) in [6, 6.07) is 3.42. The first-order chi connectivity index (χ1) is 10.6. The van der Waals surface area contributed by atoms with Crippen molar-refractivity contribution in [1.29, 1.82) is 0 Å². The van der Waals surface area contributed by atoms with Crippen LogP contribution in [0.4, 0.5) is 20.3 Å². The molecule has 0 saturated carbocycles. The Morgan fingerprint density at radius 1 is 1.32 bits per heavy atom. The summed E-state index contributed by atoms with van der Waals surface area (Å²) in [5.74, 6) is 0.646. The zero-order valence-corrected chi connectivity index (χ0v) is 12.4. The molecule has 0 radical (unpaired) electrons. The van der Waals surface area contributed by atoms with Crippen LogP contribution in [0, 0.1) is 0 Å². The van der Waals surface area contributed by atoms with Crippen LogP contribution in [-0.2, 0) is 6.54 Å². The number of halogens is 3. The number of nitrogens with one attached hydrogen (secondary N) is 2. The molecule has 0 amide bonds. The van der Waals surface area contributed by atoms with Crippen LogP contribution in [0.3, 0.4) is 0 Å². The second-order valence-corrected chi connectivity index (χ2v) is 4.52. The molecule has 2 rings (SSSR count). The molecule has 118 valence electrons. The number of alkyl halides is 2. The van der Waals surface area contributed by atoms with Crippen molar-refractivity contribution < 1.29 is 13.5 Å². The number of ether oxygens (including phenoxy) is 1. The van der Waals surface area contributed by atoms with Crippen LogP contribution in [0.15, 0.2) is 24.7 Å². The summed E-state index contributed by atoms with van der Waals surface area (Å²) in [7, 11) is 1.69. The van der Waals surface area contributed by atoms with E-state index in [0.29, 0.717) is 17.1 Å². The quantitative estimate of drug-likeness (QED) is 0.761. The molecule has 2 N–H and O–H groups in total. The van der Waals surface area contributed by atoms with Crippen molar-refractivity contribution in [1.82, 2.24) is 15.0 Å². The van der Waals surface area contributed by atoms with Crippen molar-refractivity contribution in [3.63, 3.8) is 0 Å². The third-order valence-electron chi connectivity index (χ3n) is 2.69. The molecule has 2 aromatic heterocycles. The van der Waals surface area contributed by atoms with Gasteiger partial charge < -0.3 is 15.4 Å². The summed E-state index contributed by atoms with van der Waals surface area (Å²) in [4.78, 5) is 11.9. The zero-order valence-electron chi connectivity index (χ0n) is 11.7. The number of hydrogen-bond donors (Lipinski definition) is 2.